The summed E-state index contributed by atoms with van der Waals surface area (Å²) >= 11 is 7.42. The second kappa shape index (κ2) is 8.85. The van der Waals surface area contributed by atoms with Crippen molar-refractivity contribution in [3.63, 3.8) is 0 Å². The molecule has 31 heavy (non-hydrogen) atoms. The molecule has 1 aromatic carbocycles. The van der Waals surface area contributed by atoms with E-state index >= 15 is 0 Å². The minimum Gasteiger partial charge on any atom is -0.466 e. The molecule has 0 fully saturated rings. The predicted octanol–water partition coefficient (Wildman–Crippen LogP) is 5.21. The van der Waals surface area contributed by atoms with Crippen LogP contribution in [-0.2, 0) is 19.1 Å². The van der Waals surface area contributed by atoms with Crippen molar-refractivity contribution >= 4 is 34.9 Å². The number of dihydropyridines is 1. The van der Waals surface area contributed by atoms with Crippen LogP contribution in [0.4, 0.5) is 0 Å². The molecular formula is C23H25ClN2O4S. The molecule has 6 nitrogen and oxygen atoms in total. The molecule has 0 spiro atoms. The smallest absolute Gasteiger partial charge is 0.337 e. The van der Waals surface area contributed by atoms with Gasteiger partial charge < -0.3 is 14.8 Å². The number of nitrogens with one attached hydrogen (secondary N) is 1. The molecule has 0 amide bonds. The number of aromatic nitrogens is 1. The van der Waals surface area contributed by atoms with Crippen molar-refractivity contribution in [3.05, 3.63) is 62.9 Å². The summed E-state index contributed by atoms with van der Waals surface area (Å²) in [5.74, 6) is -1.73. The van der Waals surface area contributed by atoms with E-state index < -0.39 is 23.5 Å². The molecule has 2 aromatic rings. The van der Waals surface area contributed by atoms with Crippen LogP contribution in [0.3, 0.4) is 0 Å². The Morgan fingerprint density at radius 3 is 2.19 bits per heavy atom. The van der Waals surface area contributed by atoms with Crippen molar-refractivity contribution in [2.24, 2.45) is 0 Å². The highest BCUT2D eigenvalue weighted by Gasteiger charge is 2.40. The van der Waals surface area contributed by atoms with Crippen molar-refractivity contribution in [2.75, 3.05) is 7.11 Å². The summed E-state index contributed by atoms with van der Waals surface area (Å²) in [4.78, 5) is 30.6. The maximum Gasteiger partial charge on any atom is 0.337 e. The average molecular weight is 461 g/mol. The molecular weight excluding hydrogens is 436 g/mol. The molecule has 8 heteroatoms. The lowest BCUT2D eigenvalue weighted by molar-refractivity contribution is -0.150. The highest BCUT2D eigenvalue weighted by molar-refractivity contribution is 7.13. The molecule has 1 N–H and O–H groups in total. The Morgan fingerprint density at radius 2 is 1.65 bits per heavy atom. The Hall–Kier alpha value is -2.64. The van der Waals surface area contributed by atoms with E-state index in [1.54, 1.807) is 46.8 Å². The largest absolute Gasteiger partial charge is 0.466 e. The fourth-order valence-electron chi connectivity index (χ4n) is 3.42. The zero-order valence-corrected chi connectivity index (χ0v) is 19.9. The number of carbonyl (C=O) groups excluding carboxylic acids is 2. The van der Waals surface area contributed by atoms with Crippen LogP contribution < -0.4 is 5.32 Å². The molecule has 1 aliphatic rings. The molecule has 3 rings (SSSR count). The summed E-state index contributed by atoms with van der Waals surface area (Å²) in [5, 5.41) is 6.37. The summed E-state index contributed by atoms with van der Waals surface area (Å²) in [6.45, 7) is 8.97. The monoisotopic (exact) mass is 460 g/mol. The maximum absolute atomic E-state index is 13.2. The number of carbonyl (C=O) groups is 2. The number of ether oxygens (including phenoxy) is 2. The zero-order valence-electron chi connectivity index (χ0n) is 18.3. The van der Waals surface area contributed by atoms with E-state index in [9.17, 15) is 9.59 Å². The van der Waals surface area contributed by atoms with Crippen LogP contribution in [0.15, 0.2) is 52.2 Å². The second-order valence-corrected chi connectivity index (χ2v) is 9.51. The summed E-state index contributed by atoms with van der Waals surface area (Å²) in [7, 11) is 1.32. The van der Waals surface area contributed by atoms with Crippen molar-refractivity contribution in [2.45, 2.75) is 46.1 Å². The lowest BCUT2D eigenvalue weighted by Crippen LogP contribution is -2.34. The molecule has 0 aliphatic carbocycles. The number of nitrogens with zero attached hydrogens (tertiary/aromatic N) is 1. The van der Waals surface area contributed by atoms with Gasteiger partial charge in [0.25, 0.3) is 0 Å². The predicted molar refractivity (Wildman–Crippen MR) is 122 cm³/mol. The van der Waals surface area contributed by atoms with E-state index in [4.69, 9.17) is 26.1 Å². The Kier molecular flexibility index (Phi) is 6.57. The SMILES string of the molecule is COC(=O)C1=C(C)NC(C)=C(C(=O)OC(C)(C)C)C1c1csc(-c2ccc(Cl)cc2)n1. The Morgan fingerprint density at radius 1 is 1.06 bits per heavy atom. The molecule has 2 heterocycles. The third-order valence-corrected chi connectivity index (χ3v) is 5.85. The normalized spacial score (nSPS) is 16.8. The van der Waals surface area contributed by atoms with Gasteiger partial charge in [-0.1, -0.05) is 23.7 Å². The van der Waals surface area contributed by atoms with Crippen molar-refractivity contribution in [1.29, 1.82) is 0 Å². The van der Waals surface area contributed by atoms with Crippen LogP contribution in [-0.4, -0.2) is 29.6 Å². The molecule has 0 saturated carbocycles. The first-order valence-electron chi connectivity index (χ1n) is 9.73. The number of methoxy groups -OCH3 is 1. The maximum atomic E-state index is 13.2. The van der Waals surface area contributed by atoms with Gasteiger partial charge in [0.1, 0.15) is 10.6 Å². The van der Waals surface area contributed by atoms with E-state index in [0.29, 0.717) is 33.3 Å². The number of hydrogen-bond acceptors (Lipinski definition) is 7. The number of benzene rings is 1. The number of esters is 2. The molecule has 1 aliphatic heterocycles. The first-order valence-corrected chi connectivity index (χ1v) is 11.0. The third-order valence-electron chi connectivity index (χ3n) is 4.69. The fraction of sp³-hybridized carbons (Fsp3) is 0.348. The van der Waals surface area contributed by atoms with E-state index in [1.165, 1.54) is 18.4 Å². The first kappa shape index (κ1) is 23.0. The summed E-state index contributed by atoms with van der Waals surface area (Å²) < 4.78 is 10.7. The van der Waals surface area contributed by atoms with Gasteiger partial charge in [0.2, 0.25) is 0 Å². The quantitative estimate of drug-likeness (QED) is 0.631. The topological polar surface area (TPSA) is 77.5 Å². The molecule has 0 radical (unpaired) electrons. The second-order valence-electron chi connectivity index (χ2n) is 8.21. The van der Waals surface area contributed by atoms with Gasteiger partial charge in [-0.25, -0.2) is 14.6 Å². The van der Waals surface area contributed by atoms with Gasteiger partial charge in [0, 0.05) is 27.4 Å². The van der Waals surface area contributed by atoms with Gasteiger partial charge >= 0.3 is 11.9 Å². The van der Waals surface area contributed by atoms with Gasteiger partial charge in [-0.05, 0) is 46.8 Å². The first-order chi connectivity index (χ1) is 14.5. The lowest BCUT2D eigenvalue weighted by Gasteiger charge is -2.30. The van der Waals surface area contributed by atoms with Crippen LogP contribution in [0.25, 0.3) is 10.6 Å². The summed E-state index contributed by atoms with van der Waals surface area (Å²) in [6, 6.07) is 7.35. The van der Waals surface area contributed by atoms with Crippen LogP contribution >= 0.6 is 22.9 Å². The van der Waals surface area contributed by atoms with Gasteiger partial charge in [0.05, 0.1) is 29.9 Å². The average Bonchev–Trinajstić information content (AvgIpc) is 3.15. The van der Waals surface area contributed by atoms with Crippen molar-refractivity contribution in [1.82, 2.24) is 10.3 Å². The minimum atomic E-state index is -0.708. The summed E-state index contributed by atoms with van der Waals surface area (Å²) in [5.41, 5.74) is 2.70. The third kappa shape index (κ3) is 4.99. The molecule has 0 bridgehead atoms. The van der Waals surface area contributed by atoms with Crippen molar-refractivity contribution < 1.29 is 19.1 Å². The molecule has 1 aromatic heterocycles. The number of rotatable bonds is 4. The summed E-state index contributed by atoms with van der Waals surface area (Å²) in [6.07, 6.45) is 0. The van der Waals surface area contributed by atoms with Crippen LogP contribution in [0.5, 0.6) is 0 Å². The molecule has 1 atom stereocenters. The van der Waals surface area contributed by atoms with Gasteiger partial charge in [-0.15, -0.1) is 11.3 Å². The number of halogens is 1. The van der Waals surface area contributed by atoms with Crippen LogP contribution in [0.1, 0.15) is 46.2 Å². The lowest BCUT2D eigenvalue weighted by atomic mass is 9.83. The van der Waals surface area contributed by atoms with E-state index in [2.05, 4.69) is 5.32 Å². The molecule has 1 unspecified atom stereocenters. The Labute approximate surface area is 190 Å². The van der Waals surface area contributed by atoms with Gasteiger partial charge in [0.15, 0.2) is 0 Å². The molecule has 0 saturated heterocycles. The highest BCUT2D eigenvalue weighted by Crippen LogP contribution is 2.41. The zero-order chi connectivity index (χ0) is 22.9. The van der Waals surface area contributed by atoms with Crippen LogP contribution in [0.2, 0.25) is 5.02 Å². The fourth-order valence-corrected chi connectivity index (χ4v) is 4.40. The Bertz CT molecular complexity index is 1080. The minimum absolute atomic E-state index is 0.335. The van der Waals surface area contributed by atoms with Crippen molar-refractivity contribution in [3.8, 4) is 10.6 Å². The van der Waals surface area contributed by atoms with E-state index in [1.807, 2.05) is 17.5 Å². The van der Waals surface area contributed by atoms with E-state index in [-0.39, 0.29) is 0 Å². The Balaban J connectivity index is 2.12. The highest BCUT2D eigenvalue weighted by atomic mass is 35.5. The van der Waals surface area contributed by atoms with Crippen LogP contribution in [0, 0.1) is 0 Å². The van der Waals surface area contributed by atoms with Gasteiger partial charge in [-0.2, -0.15) is 0 Å². The standard InChI is InChI=1S/C23H25ClN2O4S/c1-12-17(21(27)29-6)19(18(13(2)25-12)22(28)30-23(3,4)5)16-11-31-20(26-16)14-7-9-15(24)10-8-14/h7-11,19,25H,1-6H3. The number of thiazole rings is 1. The van der Waals surface area contributed by atoms with E-state index in [0.717, 1.165) is 10.6 Å². The number of allylic oxidation sites excluding steroid dienone is 2. The van der Waals surface area contributed by atoms with Gasteiger partial charge in [-0.3, -0.25) is 0 Å². The number of hydrogen-bond donors (Lipinski definition) is 1. The molecule has 164 valence electrons.